The van der Waals surface area contributed by atoms with Crippen LogP contribution >= 0.6 is 15.9 Å². The van der Waals surface area contributed by atoms with Crippen molar-refractivity contribution in [2.24, 2.45) is 0 Å². The Balaban J connectivity index is 1.61. The van der Waals surface area contributed by atoms with Crippen molar-refractivity contribution in [3.05, 3.63) is 58.6 Å². The van der Waals surface area contributed by atoms with Crippen LogP contribution in [0.1, 0.15) is 37.7 Å². The summed E-state index contributed by atoms with van der Waals surface area (Å²) in [5, 5.41) is 0. The standard InChI is InChI=1S/C20H24BrN/c1-16(12-15-22-13-2-3-14-22)17-4-6-18(7-5-17)19-8-10-20(21)11-9-19/h4-11,16H,2-3,12-15H2,1H3. The van der Waals surface area contributed by atoms with E-state index < -0.39 is 0 Å². The zero-order valence-electron chi connectivity index (χ0n) is 13.3. The first-order chi connectivity index (χ1) is 10.7. The van der Waals surface area contributed by atoms with Crippen LogP contribution < -0.4 is 0 Å². The summed E-state index contributed by atoms with van der Waals surface area (Å²) in [5.41, 5.74) is 4.03. The molecule has 0 N–H and O–H groups in total. The number of nitrogens with zero attached hydrogens (tertiary/aromatic N) is 1. The number of hydrogen-bond donors (Lipinski definition) is 0. The fraction of sp³-hybridized carbons (Fsp3) is 0.400. The molecule has 0 radical (unpaired) electrons. The summed E-state index contributed by atoms with van der Waals surface area (Å²) in [4.78, 5) is 2.60. The summed E-state index contributed by atoms with van der Waals surface area (Å²) in [6.45, 7) is 6.20. The molecule has 116 valence electrons. The molecule has 0 amide bonds. The molecule has 0 bridgehead atoms. The van der Waals surface area contributed by atoms with Crippen molar-refractivity contribution in [3.63, 3.8) is 0 Å². The Morgan fingerprint density at radius 1 is 0.909 bits per heavy atom. The molecular formula is C20H24BrN. The van der Waals surface area contributed by atoms with Gasteiger partial charge in [0.25, 0.3) is 0 Å². The Morgan fingerprint density at radius 3 is 2.05 bits per heavy atom. The third kappa shape index (κ3) is 3.99. The first-order valence-corrected chi connectivity index (χ1v) is 9.10. The lowest BCUT2D eigenvalue weighted by Gasteiger charge is -2.18. The molecule has 1 saturated heterocycles. The Labute approximate surface area is 142 Å². The van der Waals surface area contributed by atoms with Crippen LogP contribution in [0, 0.1) is 0 Å². The van der Waals surface area contributed by atoms with E-state index in [0.717, 1.165) is 4.47 Å². The highest BCUT2D eigenvalue weighted by atomic mass is 79.9. The van der Waals surface area contributed by atoms with Gasteiger partial charge in [-0.1, -0.05) is 59.3 Å². The van der Waals surface area contributed by atoms with Gasteiger partial charge in [0.05, 0.1) is 0 Å². The second-order valence-electron chi connectivity index (χ2n) is 6.37. The maximum absolute atomic E-state index is 3.49. The van der Waals surface area contributed by atoms with Gasteiger partial charge in [0.1, 0.15) is 0 Å². The molecule has 1 unspecified atom stereocenters. The highest BCUT2D eigenvalue weighted by Crippen LogP contribution is 2.26. The normalized spacial score (nSPS) is 16.8. The first-order valence-electron chi connectivity index (χ1n) is 8.30. The summed E-state index contributed by atoms with van der Waals surface area (Å²) in [6, 6.07) is 17.6. The van der Waals surface area contributed by atoms with E-state index in [9.17, 15) is 0 Å². The third-order valence-electron chi connectivity index (χ3n) is 4.73. The van der Waals surface area contributed by atoms with Gasteiger partial charge in [-0.15, -0.1) is 0 Å². The summed E-state index contributed by atoms with van der Waals surface area (Å²) in [7, 11) is 0. The molecule has 0 saturated carbocycles. The van der Waals surface area contributed by atoms with Crippen molar-refractivity contribution in [2.45, 2.75) is 32.1 Å². The van der Waals surface area contributed by atoms with E-state index in [-0.39, 0.29) is 0 Å². The van der Waals surface area contributed by atoms with Crippen molar-refractivity contribution in [1.29, 1.82) is 0 Å². The molecule has 3 rings (SSSR count). The average molecular weight is 358 g/mol. The number of hydrogen-bond acceptors (Lipinski definition) is 1. The first kappa shape index (κ1) is 15.8. The van der Waals surface area contributed by atoms with Gasteiger partial charge in [0.15, 0.2) is 0 Å². The van der Waals surface area contributed by atoms with Gasteiger partial charge >= 0.3 is 0 Å². The van der Waals surface area contributed by atoms with Gasteiger partial charge in [-0.05, 0) is 73.6 Å². The molecule has 2 aromatic carbocycles. The molecule has 1 atom stereocenters. The Kier molecular flexibility index (Phi) is 5.32. The maximum atomic E-state index is 3.49. The lowest BCUT2D eigenvalue weighted by molar-refractivity contribution is 0.324. The molecule has 0 spiro atoms. The monoisotopic (exact) mass is 357 g/mol. The second-order valence-corrected chi connectivity index (χ2v) is 7.28. The Morgan fingerprint density at radius 2 is 1.45 bits per heavy atom. The van der Waals surface area contributed by atoms with E-state index in [1.807, 2.05) is 0 Å². The molecule has 1 heterocycles. The predicted octanol–water partition coefficient (Wildman–Crippen LogP) is 5.71. The van der Waals surface area contributed by atoms with Gasteiger partial charge in [0.2, 0.25) is 0 Å². The minimum Gasteiger partial charge on any atom is -0.303 e. The molecule has 1 nitrogen and oxygen atoms in total. The van der Waals surface area contributed by atoms with Crippen LogP contribution in [0.4, 0.5) is 0 Å². The lowest BCUT2D eigenvalue weighted by Crippen LogP contribution is -2.21. The molecule has 1 aliphatic rings. The quantitative estimate of drug-likeness (QED) is 0.662. The zero-order chi connectivity index (χ0) is 15.4. The van der Waals surface area contributed by atoms with E-state index in [2.05, 4.69) is 76.3 Å². The van der Waals surface area contributed by atoms with Crippen LogP contribution in [0.5, 0.6) is 0 Å². The van der Waals surface area contributed by atoms with Crippen LogP contribution in [0.3, 0.4) is 0 Å². The highest BCUT2D eigenvalue weighted by molar-refractivity contribution is 9.10. The van der Waals surface area contributed by atoms with Crippen LogP contribution in [-0.2, 0) is 0 Å². The number of halogens is 1. The fourth-order valence-corrected chi connectivity index (χ4v) is 3.46. The number of likely N-dealkylation sites (tertiary alicyclic amines) is 1. The van der Waals surface area contributed by atoms with Gasteiger partial charge in [-0.25, -0.2) is 0 Å². The van der Waals surface area contributed by atoms with Crippen LogP contribution in [0.2, 0.25) is 0 Å². The molecule has 0 aliphatic carbocycles. The third-order valence-corrected chi connectivity index (χ3v) is 5.26. The summed E-state index contributed by atoms with van der Waals surface area (Å²) >= 11 is 3.49. The fourth-order valence-electron chi connectivity index (χ4n) is 3.20. The average Bonchev–Trinajstić information content (AvgIpc) is 3.07. The maximum Gasteiger partial charge on any atom is 0.0175 e. The highest BCUT2D eigenvalue weighted by Gasteiger charge is 2.13. The topological polar surface area (TPSA) is 3.24 Å². The SMILES string of the molecule is CC(CCN1CCCC1)c1ccc(-c2ccc(Br)cc2)cc1. The number of benzene rings is 2. The molecule has 1 aliphatic heterocycles. The Bertz CT molecular complexity index is 582. The predicted molar refractivity (Wildman–Crippen MR) is 98.3 cm³/mol. The van der Waals surface area contributed by atoms with Crippen LogP contribution in [0.15, 0.2) is 53.0 Å². The van der Waals surface area contributed by atoms with E-state index in [1.165, 1.54) is 55.6 Å². The minimum atomic E-state index is 0.638. The minimum absolute atomic E-state index is 0.638. The van der Waals surface area contributed by atoms with Crippen molar-refractivity contribution < 1.29 is 0 Å². The number of rotatable bonds is 5. The van der Waals surface area contributed by atoms with Gasteiger partial charge in [0, 0.05) is 4.47 Å². The zero-order valence-corrected chi connectivity index (χ0v) is 14.8. The largest absolute Gasteiger partial charge is 0.303 e. The second kappa shape index (κ2) is 7.43. The van der Waals surface area contributed by atoms with Crippen molar-refractivity contribution in [3.8, 4) is 11.1 Å². The molecular weight excluding hydrogens is 334 g/mol. The van der Waals surface area contributed by atoms with Gasteiger partial charge in [-0.3, -0.25) is 0 Å². The van der Waals surface area contributed by atoms with E-state index >= 15 is 0 Å². The lowest BCUT2D eigenvalue weighted by atomic mass is 9.95. The van der Waals surface area contributed by atoms with E-state index in [4.69, 9.17) is 0 Å². The molecule has 22 heavy (non-hydrogen) atoms. The van der Waals surface area contributed by atoms with Gasteiger partial charge in [-0.2, -0.15) is 0 Å². The van der Waals surface area contributed by atoms with Crippen LogP contribution in [-0.4, -0.2) is 24.5 Å². The van der Waals surface area contributed by atoms with E-state index in [1.54, 1.807) is 0 Å². The summed E-state index contributed by atoms with van der Waals surface area (Å²) in [6.07, 6.45) is 4.03. The molecule has 2 heteroatoms. The summed E-state index contributed by atoms with van der Waals surface area (Å²) < 4.78 is 1.13. The van der Waals surface area contributed by atoms with Crippen LogP contribution in [0.25, 0.3) is 11.1 Å². The summed E-state index contributed by atoms with van der Waals surface area (Å²) in [5.74, 6) is 0.638. The van der Waals surface area contributed by atoms with E-state index in [0.29, 0.717) is 5.92 Å². The molecule has 2 aromatic rings. The van der Waals surface area contributed by atoms with Gasteiger partial charge < -0.3 is 4.90 Å². The van der Waals surface area contributed by atoms with Crippen molar-refractivity contribution >= 4 is 15.9 Å². The van der Waals surface area contributed by atoms with Crippen molar-refractivity contribution in [1.82, 2.24) is 4.90 Å². The Hall–Kier alpha value is -1.12. The molecule has 0 aromatic heterocycles. The molecule has 1 fully saturated rings. The van der Waals surface area contributed by atoms with Crippen molar-refractivity contribution in [2.75, 3.05) is 19.6 Å². The smallest absolute Gasteiger partial charge is 0.0175 e.